The lowest BCUT2D eigenvalue weighted by Gasteiger charge is -2.23. The van der Waals surface area contributed by atoms with E-state index in [0.29, 0.717) is 17.7 Å². The number of para-hydroxylation sites is 1. The number of carbonyl (C=O) groups is 1. The number of rotatable bonds is 7. The van der Waals surface area contributed by atoms with Crippen molar-refractivity contribution in [3.05, 3.63) is 106 Å². The third kappa shape index (κ3) is 4.45. The maximum Gasteiger partial charge on any atom is 0.264 e. The van der Waals surface area contributed by atoms with Crippen LogP contribution in [-0.4, -0.2) is 37.8 Å². The predicted molar refractivity (Wildman–Crippen MR) is 133 cm³/mol. The molecule has 0 aliphatic carbocycles. The van der Waals surface area contributed by atoms with Crippen molar-refractivity contribution >= 4 is 32.5 Å². The third-order valence-electron chi connectivity index (χ3n) is 5.61. The molecule has 0 saturated carbocycles. The van der Waals surface area contributed by atoms with Crippen LogP contribution < -0.4 is 9.73 Å². The molecule has 174 valence electrons. The van der Waals surface area contributed by atoms with E-state index in [1.165, 1.54) is 27.5 Å². The molecule has 0 fully saturated rings. The van der Waals surface area contributed by atoms with Gasteiger partial charge in [-0.05, 0) is 42.8 Å². The molecule has 1 N–H and O–H groups in total. The van der Waals surface area contributed by atoms with E-state index < -0.39 is 21.4 Å². The number of nitrogens with one attached hydrogen (secondary N) is 1. The Labute approximate surface area is 198 Å². The smallest absolute Gasteiger partial charge is 0.264 e. The molecule has 1 aromatic heterocycles. The molecule has 0 radical (unpaired) electrons. The molecule has 1 heterocycles. The summed E-state index contributed by atoms with van der Waals surface area (Å²) >= 11 is 0. The lowest BCUT2D eigenvalue weighted by atomic mass is 10.1. The minimum absolute atomic E-state index is 0.0153. The Morgan fingerprint density at radius 1 is 0.941 bits per heavy atom. The van der Waals surface area contributed by atoms with Gasteiger partial charge in [-0.2, -0.15) is 0 Å². The van der Waals surface area contributed by atoms with Crippen molar-refractivity contribution in [2.75, 3.05) is 17.9 Å². The first kappa shape index (κ1) is 23.3. The average molecular weight is 476 g/mol. The molecular formula is C26H25N3O4S. The van der Waals surface area contributed by atoms with Gasteiger partial charge in [0.05, 0.1) is 10.6 Å². The fraction of sp³-hybridized carbons (Fsp3) is 0.154. The first-order chi connectivity index (χ1) is 16.3. The van der Waals surface area contributed by atoms with Crippen molar-refractivity contribution in [3.63, 3.8) is 0 Å². The predicted octanol–water partition coefficient (Wildman–Crippen LogP) is 4.02. The number of carbonyl (C=O) groups excluding carboxylic acids is 1. The van der Waals surface area contributed by atoms with Crippen molar-refractivity contribution < 1.29 is 13.2 Å². The van der Waals surface area contributed by atoms with E-state index in [0.717, 1.165) is 5.56 Å². The monoisotopic (exact) mass is 475 g/mol. The second-order valence-electron chi connectivity index (χ2n) is 7.89. The van der Waals surface area contributed by atoms with E-state index in [1.807, 2.05) is 36.4 Å². The summed E-state index contributed by atoms with van der Waals surface area (Å²) in [5.74, 6) is -0.445. The van der Waals surface area contributed by atoms with Crippen LogP contribution in [0.4, 0.5) is 5.69 Å². The molecule has 0 atom stereocenters. The van der Waals surface area contributed by atoms with Crippen LogP contribution in [-0.2, 0) is 16.6 Å². The first-order valence-electron chi connectivity index (χ1n) is 10.9. The van der Waals surface area contributed by atoms with E-state index in [4.69, 9.17) is 0 Å². The SMILES string of the molecule is CCN(c1ccccc1)S(=O)(=O)c1ccc2[nH]cc(C(=O)N(C)Cc3ccccc3)c(=O)c2c1. The van der Waals surface area contributed by atoms with E-state index in [9.17, 15) is 18.0 Å². The van der Waals surface area contributed by atoms with Crippen LogP contribution in [0.2, 0.25) is 0 Å². The Kier molecular flexibility index (Phi) is 6.51. The molecule has 1 amide bonds. The number of benzene rings is 3. The number of aromatic amines is 1. The average Bonchev–Trinajstić information content (AvgIpc) is 2.85. The Bertz CT molecular complexity index is 1480. The van der Waals surface area contributed by atoms with E-state index in [2.05, 4.69) is 4.98 Å². The van der Waals surface area contributed by atoms with Crippen LogP contribution >= 0.6 is 0 Å². The highest BCUT2D eigenvalue weighted by atomic mass is 32.2. The van der Waals surface area contributed by atoms with Gasteiger partial charge in [-0.1, -0.05) is 48.5 Å². The summed E-state index contributed by atoms with van der Waals surface area (Å²) in [6.45, 7) is 2.31. The summed E-state index contributed by atoms with van der Waals surface area (Å²) < 4.78 is 28.1. The van der Waals surface area contributed by atoms with Crippen LogP contribution in [0, 0.1) is 0 Å². The number of aromatic nitrogens is 1. The Morgan fingerprint density at radius 2 is 1.59 bits per heavy atom. The zero-order chi connectivity index (χ0) is 24.3. The van der Waals surface area contributed by atoms with Gasteiger partial charge in [0, 0.05) is 37.2 Å². The molecule has 3 aromatic carbocycles. The van der Waals surface area contributed by atoms with Gasteiger partial charge in [-0.15, -0.1) is 0 Å². The quantitative estimate of drug-likeness (QED) is 0.437. The number of anilines is 1. The number of sulfonamides is 1. The molecule has 7 nitrogen and oxygen atoms in total. The van der Waals surface area contributed by atoms with Gasteiger partial charge in [-0.3, -0.25) is 13.9 Å². The Balaban J connectivity index is 1.72. The molecule has 4 rings (SSSR count). The van der Waals surface area contributed by atoms with Gasteiger partial charge in [0.1, 0.15) is 5.56 Å². The molecular weight excluding hydrogens is 450 g/mol. The molecule has 8 heteroatoms. The molecule has 0 saturated heterocycles. The fourth-order valence-electron chi connectivity index (χ4n) is 3.86. The molecule has 0 bridgehead atoms. The minimum atomic E-state index is -3.92. The largest absolute Gasteiger partial charge is 0.360 e. The van der Waals surface area contributed by atoms with Crippen LogP contribution in [0.1, 0.15) is 22.8 Å². The van der Waals surface area contributed by atoms with Crippen molar-refractivity contribution in [1.29, 1.82) is 0 Å². The minimum Gasteiger partial charge on any atom is -0.360 e. The second-order valence-corrected chi connectivity index (χ2v) is 9.75. The third-order valence-corrected chi connectivity index (χ3v) is 7.51. The highest BCUT2D eigenvalue weighted by molar-refractivity contribution is 7.92. The summed E-state index contributed by atoms with van der Waals surface area (Å²) in [6.07, 6.45) is 1.38. The number of nitrogens with zero attached hydrogens (tertiary/aromatic N) is 2. The van der Waals surface area contributed by atoms with Gasteiger partial charge in [-0.25, -0.2) is 8.42 Å². The maximum atomic E-state index is 13.4. The van der Waals surface area contributed by atoms with Crippen molar-refractivity contribution in [3.8, 4) is 0 Å². The zero-order valence-corrected chi connectivity index (χ0v) is 19.7. The number of hydrogen-bond donors (Lipinski definition) is 1. The topological polar surface area (TPSA) is 90.6 Å². The highest BCUT2D eigenvalue weighted by Gasteiger charge is 2.25. The van der Waals surface area contributed by atoms with Crippen molar-refractivity contribution in [2.24, 2.45) is 0 Å². The summed E-state index contributed by atoms with van der Waals surface area (Å²) in [7, 11) is -2.29. The van der Waals surface area contributed by atoms with Crippen LogP contribution in [0.15, 0.2) is 94.7 Å². The fourth-order valence-corrected chi connectivity index (χ4v) is 5.36. The molecule has 0 aliphatic rings. The molecule has 0 unspecified atom stereocenters. The Morgan fingerprint density at radius 3 is 2.24 bits per heavy atom. The summed E-state index contributed by atoms with van der Waals surface area (Å²) in [5, 5.41) is 0.143. The highest BCUT2D eigenvalue weighted by Crippen LogP contribution is 2.25. The summed E-state index contributed by atoms with van der Waals surface area (Å²) in [6, 6.07) is 22.6. The number of amides is 1. The summed E-state index contributed by atoms with van der Waals surface area (Å²) in [4.78, 5) is 30.7. The maximum absolute atomic E-state index is 13.4. The van der Waals surface area contributed by atoms with Gasteiger partial charge in [0.2, 0.25) is 5.43 Å². The first-order valence-corrected chi connectivity index (χ1v) is 12.3. The second kappa shape index (κ2) is 9.52. The number of fused-ring (bicyclic) bond motifs is 1. The standard InChI is InChI=1S/C26H25N3O4S/c1-3-29(20-12-8-5-9-13-20)34(32,33)21-14-15-24-22(16-21)25(30)23(17-27-24)26(31)28(2)18-19-10-6-4-7-11-19/h4-17H,3,18H2,1-2H3,(H,27,30). The van der Waals surface area contributed by atoms with E-state index in [-0.39, 0.29) is 22.4 Å². The lowest BCUT2D eigenvalue weighted by molar-refractivity contribution is 0.0783. The van der Waals surface area contributed by atoms with Gasteiger partial charge >= 0.3 is 0 Å². The molecule has 0 aliphatic heterocycles. The van der Waals surface area contributed by atoms with Crippen LogP contribution in [0.25, 0.3) is 10.9 Å². The van der Waals surface area contributed by atoms with E-state index >= 15 is 0 Å². The van der Waals surface area contributed by atoms with Crippen molar-refractivity contribution in [1.82, 2.24) is 9.88 Å². The number of pyridine rings is 1. The Hall–Kier alpha value is -3.91. The van der Waals surface area contributed by atoms with Gasteiger partial charge in [0.25, 0.3) is 15.9 Å². The molecule has 34 heavy (non-hydrogen) atoms. The number of H-pyrrole nitrogens is 1. The van der Waals surface area contributed by atoms with E-state index in [1.54, 1.807) is 44.3 Å². The van der Waals surface area contributed by atoms with Crippen molar-refractivity contribution in [2.45, 2.75) is 18.4 Å². The summed E-state index contributed by atoms with van der Waals surface area (Å²) in [5.41, 5.74) is 1.36. The molecule has 4 aromatic rings. The molecule has 0 spiro atoms. The number of hydrogen-bond acceptors (Lipinski definition) is 4. The lowest BCUT2D eigenvalue weighted by Crippen LogP contribution is -2.31. The van der Waals surface area contributed by atoms with Gasteiger partial charge < -0.3 is 9.88 Å². The zero-order valence-electron chi connectivity index (χ0n) is 18.9. The van der Waals surface area contributed by atoms with Gasteiger partial charge in [0.15, 0.2) is 0 Å². The normalized spacial score (nSPS) is 11.4. The van der Waals surface area contributed by atoms with Crippen LogP contribution in [0.3, 0.4) is 0 Å². The van der Waals surface area contributed by atoms with Crippen LogP contribution in [0.5, 0.6) is 0 Å².